The third kappa shape index (κ3) is 4.57. The van der Waals surface area contributed by atoms with Gasteiger partial charge in [0.1, 0.15) is 0 Å². The van der Waals surface area contributed by atoms with Gasteiger partial charge in [-0.25, -0.2) is 8.42 Å². The van der Waals surface area contributed by atoms with Gasteiger partial charge in [0.25, 0.3) is 5.91 Å². The van der Waals surface area contributed by atoms with Gasteiger partial charge < -0.3 is 4.90 Å². The second kappa shape index (κ2) is 9.07. The molecule has 0 N–H and O–H groups in total. The molecule has 0 atom stereocenters. The first kappa shape index (κ1) is 20.8. The van der Waals surface area contributed by atoms with Gasteiger partial charge in [-0.15, -0.1) is 0 Å². The van der Waals surface area contributed by atoms with E-state index >= 15 is 0 Å². The summed E-state index contributed by atoms with van der Waals surface area (Å²) < 4.78 is 27.2. The number of sulfonamides is 1. The average Bonchev–Trinajstić information content (AvgIpc) is 3.24. The highest BCUT2D eigenvalue weighted by atomic mass is 35.5. The highest BCUT2D eigenvalue weighted by molar-refractivity contribution is 7.89. The number of rotatable bonds is 7. The largest absolute Gasteiger partial charge is 0.334 e. The van der Waals surface area contributed by atoms with Crippen LogP contribution < -0.4 is 0 Å². The van der Waals surface area contributed by atoms with Crippen molar-refractivity contribution in [2.75, 3.05) is 19.6 Å². The van der Waals surface area contributed by atoms with Crippen LogP contribution in [0.25, 0.3) is 0 Å². The predicted octanol–water partition coefficient (Wildman–Crippen LogP) is 4.18. The monoisotopic (exact) mass is 420 g/mol. The molecule has 150 valence electrons. The van der Waals surface area contributed by atoms with Gasteiger partial charge in [0.15, 0.2) is 0 Å². The van der Waals surface area contributed by atoms with Crippen LogP contribution in [0.5, 0.6) is 0 Å². The summed E-state index contributed by atoms with van der Waals surface area (Å²) in [6, 6.07) is 14.1. The Balaban J connectivity index is 1.91. The molecule has 1 amide bonds. The van der Waals surface area contributed by atoms with Gasteiger partial charge in [-0.2, -0.15) is 4.31 Å². The van der Waals surface area contributed by atoms with Crippen LogP contribution in [-0.2, 0) is 16.6 Å². The minimum Gasteiger partial charge on any atom is -0.334 e. The molecule has 1 heterocycles. The molecule has 0 spiro atoms. The van der Waals surface area contributed by atoms with E-state index in [1.165, 1.54) is 22.5 Å². The quantitative estimate of drug-likeness (QED) is 0.675. The lowest BCUT2D eigenvalue weighted by Gasteiger charge is -2.23. The first-order chi connectivity index (χ1) is 13.4. The van der Waals surface area contributed by atoms with Crippen LogP contribution in [-0.4, -0.2) is 43.2 Å². The SMILES string of the molecule is CCCN(Cc1ccccc1)C(=O)c1cc(S(=O)(=O)N2CCCC2)ccc1Cl. The number of halogens is 1. The Morgan fingerprint density at radius 3 is 2.43 bits per heavy atom. The highest BCUT2D eigenvalue weighted by Gasteiger charge is 2.29. The second-order valence-corrected chi connectivity index (χ2v) is 9.31. The van der Waals surface area contributed by atoms with E-state index < -0.39 is 10.0 Å². The fourth-order valence-corrected chi connectivity index (χ4v) is 5.14. The van der Waals surface area contributed by atoms with Gasteiger partial charge in [0, 0.05) is 26.2 Å². The van der Waals surface area contributed by atoms with E-state index in [1.807, 2.05) is 37.3 Å². The van der Waals surface area contributed by atoms with E-state index in [4.69, 9.17) is 11.6 Å². The zero-order valence-electron chi connectivity index (χ0n) is 16.0. The Morgan fingerprint density at radius 1 is 1.11 bits per heavy atom. The maximum Gasteiger partial charge on any atom is 0.255 e. The molecule has 0 saturated carbocycles. The van der Waals surface area contributed by atoms with Crippen molar-refractivity contribution in [1.29, 1.82) is 0 Å². The molecule has 3 rings (SSSR count). The Hall–Kier alpha value is -1.89. The number of benzene rings is 2. The van der Waals surface area contributed by atoms with E-state index in [0.717, 1.165) is 24.8 Å². The maximum absolute atomic E-state index is 13.2. The number of carbonyl (C=O) groups is 1. The van der Waals surface area contributed by atoms with Crippen LogP contribution in [0.1, 0.15) is 42.1 Å². The van der Waals surface area contributed by atoms with Crippen LogP contribution in [0.4, 0.5) is 0 Å². The Labute approximate surface area is 172 Å². The topological polar surface area (TPSA) is 57.7 Å². The molecular formula is C21H25ClN2O3S. The Kier molecular flexibility index (Phi) is 6.75. The molecule has 2 aromatic rings. The average molecular weight is 421 g/mol. The third-order valence-corrected chi connectivity index (χ3v) is 7.09. The van der Waals surface area contributed by atoms with Gasteiger partial charge in [0.2, 0.25) is 10.0 Å². The molecule has 0 aromatic heterocycles. The number of hydrogen-bond acceptors (Lipinski definition) is 3. The number of hydrogen-bond donors (Lipinski definition) is 0. The predicted molar refractivity (Wildman–Crippen MR) is 111 cm³/mol. The molecular weight excluding hydrogens is 396 g/mol. The summed E-state index contributed by atoms with van der Waals surface area (Å²) in [6.45, 7) is 4.05. The van der Waals surface area contributed by atoms with Gasteiger partial charge in [-0.05, 0) is 43.0 Å². The molecule has 0 unspecified atom stereocenters. The summed E-state index contributed by atoms with van der Waals surface area (Å²) >= 11 is 6.29. The van der Waals surface area contributed by atoms with E-state index in [-0.39, 0.29) is 21.4 Å². The number of amides is 1. The van der Waals surface area contributed by atoms with E-state index in [9.17, 15) is 13.2 Å². The molecule has 1 aliphatic heterocycles. The van der Waals surface area contributed by atoms with Gasteiger partial charge in [-0.3, -0.25) is 4.79 Å². The molecule has 1 fully saturated rings. The minimum absolute atomic E-state index is 0.123. The standard InChI is InChI=1S/C21H25ClN2O3S/c1-2-12-23(16-17-8-4-3-5-9-17)21(25)19-15-18(10-11-20(19)22)28(26,27)24-13-6-7-14-24/h3-5,8-11,15H,2,6-7,12-14,16H2,1H3. The van der Waals surface area contributed by atoms with Crippen molar-refractivity contribution in [3.63, 3.8) is 0 Å². The summed E-state index contributed by atoms with van der Waals surface area (Å²) in [7, 11) is -3.60. The van der Waals surface area contributed by atoms with Crippen molar-refractivity contribution in [3.05, 3.63) is 64.7 Å². The van der Waals surface area contributed by atoms with Crippen molar-refractivity contribution >= 4 is 27.5 Å². The third-order valence-electron chi connectivity index (χ3n) is 4.87. The van der Waals surface area contributed by atoms with Crippen molar-refractivity contribution in [1.82, 2.24) is 9.21 Å². The number of carbonyl (C=O) groups excluding carboxylic acids is 1. The molecule has 0 aliphatic carbocycles. The molecule has 1 aliphatic rings. The first-order valence-electron chi connectivity index (χ1n) is 9.56. The number of nitrogens with zero attached hydrogens (tertiary/aromatic N) is 2. The van der Waals surface area contributed by atoms with Crippen LogP contribution >= 0.6 is 11.6 Å². The first-order valence-corrected chi connectivity index (χ1v) is 11.4. The van der Waals surface area contributed by atoms with Crippen LogP contribution in [0.2, 0.25) is 5.02 Å². The Morgan fingerprint density at radius 2 is 1.79 bits per heavy atom. The van der Waals surface area contributed by atoms with Crippen LogP contribution in [0, 0.1) is 0 Å². The molecule has 28 heavy (non-hydrogen) atoms. The summed E-state index contributed by atoms with van der Waals surface area (Å²) in [6.07, 6.45) is 2.52. The van der Waals surface area contributed by atoms with Gasteiger partial charge >= 0.3 is 0 Å². The fourth-order valence-electron chi connectivity index (χ4n) is 3.40. The maximum atomic E-state index is 13.2. The summed E-state index contributed by atoms with van der Waals surface area (Å²) in [5.74, 6) is -0.255. The van der Waals surface area contributed by atoms with E-state index in [2.05, 4.69) is 0 Å². The molecule has 2 aromatic carbocycles. The van der Waals surface area contributed by atoms with Crippen molar-refractivity contribution in [2.45, 2.75) is 37.6 Å². The van der Waals surface area contributed by atoms with Gasteiger partial charge in [0.05, 0.1) is 15.5 Å². The lowest BCUT2D eigenvalue weighted by Crippen LogP contribution is -2.32. The summed E-state index contributed by atoms with van der Waals surface area (Å²) in [5, 5.41) is 0.263. The van der Waals surface area contributed by atoms with Crippen molar-refractivity contribution < 1.29 is 13.2 Å². The molecule has 0 radical (unpaired) electrons. The lowest BCUT2D eigenvalue weighted by molar-refractivity contribution is 0.0743. The second-order valence-electron chi connectivity index (χ2n) is 6.97. The zero-order chi connectivity index (χ0) is 20.1. The molecule has 1 saturated heterocycles. The van der Waals surface area contributed by atoms with Crippen LogP contribution in [0.15, 0.2) is 53.4 Å². The summed E-state index contributed by atoms with van der Waals surface area (Å²) in [4.78, 5) is 15.0. The lowest BCUT2D eigenvalue weighted by atomic mass is 10.1. The van der Waals surface area contributed by atoms with E-state index in [1.54, 1.807) is 4.90 Å². The van der Waals surface area contributed by atoms with Crippen molar-refractivity contribution in [2.24, 2.45) is 0 Å². The zero-order valence-corrected chi connectivity index (χ0v) is 17.5. The molecule has 7 heteroatoms. The van der Waals surface area contributed by atoms with Crippen molar-refractivity contribution in [3.8, 4) is 0 Å². The minimum atomic E-state index is -3.60. The highest BCUT2D eigenvalue weighted by Crippen LogP contribution is 2.26. The molecule has 5 nitrogen and oxygen atoms in total. The molecule has 0 bridgehead atoms. The smallest absolute Gasteiger partial charge is 0.255 e. The van der Waals surface area contributed by atoms with Crippen LogP contribution in [0.3, 0.4) is 0 Å². The summed E-state index contributed by atoms with van der Waals surface area (Å²) in [5.41, 5.74) is 1.24. The van der Waals surface area contributed by atoms with Gasteiger partial charge in [-0.1, -0.05) is 48.9 Å². The Bertz CT molecular complexity index is 926. The van der Waals surface area contributed by atoms with E-state index in [0.29, 0.717) is 26.2 Å². The normalized spacial score (nSPS) is 14.9. The fraction of sp³-hybridized carbons (Fsp3) is 0.381.